The highest BCUT2D eigenvalue weighted by Gasteiger charge is 2.11. The zero-order valence-electron chi connectivity index (χ0n) is 12.8. The van der Waals surface area contributed by atoms with Crippen molar-refractivity contribution in [2.75, 3.05) is 0 Å². The van der Waals surface area contributed by atoms with E-state index < -0.39 is 0 Å². The van der Waals surface area contributed by atoms with Crippen molar-refractivity contribution in [2.24, 2.45) is 5.10 Å². The predicted molar refractivity (Wildman–Crippen MR) is 94.7 cm³/mol. The molecule has 1 amide bonds. The second kappa shape index (κ2) is 6.68. The Morgan fingerprint density at radius 1 is 1.25 bits per heavy atom. The van der Waals surface area contributed by atoms with Crippen LogP contribution in [0.15, 0.2) is 53.6 Å². The van der Waals surface area contributed by atoms with E-state index in [4.69, 9.17) is 11.6 Å². The van der Waals surface area contributed by atoms with Crippen molar-refractivity contribution in [1.82, 2.24) is 10.4 Å². The highest BCUT2D eigenvalue weighted by Crippen LogP contribution is 2.20. The van der Waals surface area contributed by atoms with Crippen molar-refractivity contribution in [1.29, 1.82) is 0 Å². The Kier molecular flexibility index (Phi) is 4.44. The van der Waals surface area contributed by atoms with Crippen LogP contribution in [-0.4, -0.2) is 22.2 Å². The number of rotatable bonds is 3. The smallest absolute Gasteiger partial charge is 0.272 e. The number of amides is 1. The molecular weight excluding hydrogens is 326 g/mol. The largest absolute Gasteiger partial charge is 0.507 e. The number of fused-ring (bicyclic) bond motifs is 1. The van der Waals surface area contributed by atoms with Crippen LogP contribution in [0, 0.1) is 6.92 Å². The van der Waals surface area contributed by atoms with E-state index in [0.29, 0.717) is 16.1 Å². The summed E-state index contributed by atoms with van der Waals surface area (Å²) in [6, 6.07) is 13.7. The SMILES string of the molecule is Cc1cc(C(=O)NN=Cc2cc(Cl)ccc2O)c2ccccc2n1. The fraction of sp³-hybridized carbons (Fsp3) is 0.0556. The normalized spacial score (nSPS) is 11.1. The predicted octanol–water partition coefficient (Wildman–Crippen LogP) is 3.67. The lowest BCUT2D eigenvalue weighted by Crippen LogP contribution is -2.18. The van der Waals surface area contributed by atoms with Gasteiger partial charge in [-0.15, -0.1) is 0 Å². The number of hydrogen-bond acceptors (Lipinski definition) is 4. The lowest BCUT2D eigenvalue weighted by atomic mass is 10.1. The summed E-state index contributed by atoms with van der Waals surface area (Å²) in [6.45, 7) is 1.83. The highest BCUT2D eigenvalue weighted by atomic mass is 35.5. The summed E-state index contributed by atoms with van der Waals surface area (Å²) in [6.07, 6.45) is 1.34. The van der Waals surface area contributed by atoms with Gasteiger partial charge in [-0.1, -0.05) is 29.8 Å². The van der Waals surface area contributed by atoms with Gasteiger partial charge in [-0.05, 0) is 37.3 Å². The topological polar surface area (TPSA) is 74.6 Å². The Balaban J connectivity index is 1.85. The van der Waals surface area contributed by atoms with Crippen LogP contribution in [0.5, 0.6) is 5.75 Å². The summed E-state index contributed by atoms with van der Waals surface area (Å²) in [4.78, 5) is 16.8. The number of benzene rings is 2. The molecule has 0 aliphatic heterocycles. The molecule has 0 fully saturated rings. The molecule has 0 spiro atoms. The molecule has 2 aromatic carbocycles. The van der Waals surface area contributed by atoms with Crippen molar-refractivity contribution < 1.29 is 9.90 Å². The molecule has 0 aliphatic carbocycles. The van der Waals surface area contributed by atoms with Crippen LogP contribution in [0.3, 0.4) is 0 Å². The quantitative estimate of drug-likeness (QED) is 0.564. The monoisotopic (exact) mass is 339 g/mol. The van der Waals surface area contributed by atoms with E-state index >= 15 is 0 Å². The number of aromatic hydroxyl groups is 1. The zero-order chi connectivity index (χ0) is 17.1. The van der Waals surface area contributed by atoms with Gasteiger partial charge in [0.1, 0.15) is 5.75 Å². The average molecular weight is 340 g/mol. The van der Waals surface area contributed by atoms with E-state index in [9.17, 15) is 9.90 Å². The second-order valence-corrected chi connectivity index (χ2v) is 5.67. The van der Waals surface area contributed by atoms with E-state index in [1.54, 1.807) is 18.2 Å². The summed E-state index contributed by atoms with van der Waals surface area (Å²) in [5.74, 6) is -0.322. The van der Waals surface area contributed by atoms with Crippen molar-refractivity contribution in [3.63, 3.8) is 0 Å². The molecule has 0 saturated carbocycles. The van der Waals surface area contributed by atoms with Gasteiger partial charge in [-0.2, -0.15) is 5.10 Å². The van der Waals surface area contributed by atoms with Gasteiger partial charge in [0.2, 0.25) is 0 Å². The highest BCUT2D eigenvalue weighted by molar-refractivity contribution is 6.30. The van der Waals surface area contributed by atoms with Crippen LogP contribution in [0.1, 0.15) is 21.6 Å². The van der Waals surface area contributed by atoms with Gasteiger partial charge in [-0.25, -0.2) is 5.43 Å². The molecule has 2 N–H and O–H groups in total. The number of phenolic OH excluding ortho intramolecular Hbond substituents is 1. The van der Waals surface area contributed by atoms with E-state index in [0.717, 1.165) is 16.6 Å². The fourth-order valence-corrected chi connectivity index (χ4v) is 2.53. The number of hydrogen-bond donors (Lipinski definition) is 2. The van der Waals surface area contributed by atoms with Crippen LogP contribution in [0.2, 0.25) is 5.02 Å². The molecule has 0 atom stereocenters. The first-order valence-electron chi connectivity index (χ1n) is 7.23. The van der Waals surface area contributed by atoms with Crippen LogP contribution in [0.4, 0.5) is 0 Å². The Labute approximate surface area is 143 Å². The number of carbonyl (C=O) groups excluding carboxylic acids is 1. The number of aryl methyl sites for hydroxylation is 1. The van der Waals surface area contributed by atoms with E-state index in [2.05, 4.69) is 15.5 Å². The van der Waals surface area contributed by atoms with Crippen LogP contribution in [-0.2, 0) is 0 Å². The molecule has 120 valence electrons. The first-order chi connectivity index (χ1) is 11.5. The Bertz CT molecular complexity index is 954. The van der Waals surface area contributed by atoms with Crippen molar-refractivity contribution in [3.05, 3.63) is 70.4 Å². The minimum Gasteiger partial charge on any atom is -0.507 e. The minimum absolute atomic E-state index is 0.0302. The molecule has 0 unspecified atom stereocenters. The molecule has 3 aromatic rings. The number of para-hydroxylation sites is 1. The van der Waals surface area contributed by atoms with Gasteiger partial charge in [0.05, 0.1) is 17.3 Å². The van der Waals surface area contributed by atoms with Gasteiger partial charge in [0.15, 0.2) is 0 Å². The number of hydrazone groups is 1. The zero-order valence-corrected chi connectivity index (χ0v) is 13.6. The molecule has 0 bridgehead atoms. The van der Waals surface area contributed by atoms with Gasteiger partial charge < -0.3 is 5.11 Å². The third kappa shape index (κ3) is 3.36. The molecule has 3 rings (SSSR count). The van der Waals surface area contributed by atoms with Crippen LogP contribution < -0.4 is 5.43 Å². The Morgan fingerprint density at radius 2 is 2.04 bits per heavy atom. The lowest BCUT2D eigenvalue weighted by molar-refractivity contribution is 0.0956. The third-order valence-electron chi connectivity index (χ3n) is 3.45. The number of halogens is 1. The maximum absolute atomic E-state index is 12.4. The summed E-state index contributed by atoms with van der Waals surface area (Å²) < 4.78 is 0. The Hall–Kier alpha value is -2.92. The van der Waals surface area contributed by atoms with E-state index in [1.165, 1.54) is 12.3 Å². The van der Waals surface area contributed by atoms with E-state index in [-0.39, 0.29) is 11.7 Å². The lowest BCUT2D eigenvalue weighted by Gasteiger charge is -2.06. The minimum atomic E-state index is -0.352. The van der Waals surface area contributed by atoms with Crippen LogP contribution in [0.25, 0.3) is 10.9 Å². The molecule has 5 nitrogen and oxygen atoms in total. The maximum Gasteiger partial charge on any atom is 0.272 e. The molecule has 1 aromatic heterocycles. The second-order valence-electron chi connectivity index (χ2n) is 5.23. The fourth-order valence-electron chi connectivity index (χ4n) is 2.35. The molecule has 6 heteroatoms. The third-order valence-corrected chi connectivity index (χ3v) is 3.68. The van der Waals surface area contributed by atoms with Crippen molar-refractivity contribution in [3.8, 4) is 5.75 Å². The Morgan fingerprint density at radius 3 is 2.88 bits per heavy atom. The van der Waals surface area contributed by atoms with E-state index in [1.807, 2.05) is 31.2 Å². The molecule has 0 radical (unpaired) electrons. The number of pyridine rings is 1. The van der Waals surface area contributed by atoms with Gasteiger partial charge in [0.25, 0.3) is 5.91 Å². The number of aromatic nitrogens is 1. The van der Waals surface area contributed by atoms with Crippen LogP contribution >= 0.6 is 11.6 Å². The standard InChI is InChI=1S/C18H14ClN3O2/c1-11-8-15(14-4-2-3-5-16(14)21-11)18(24)22-20-10-12-9-13(19)6-7-17(12)23/h2-10,23H,1H3,(H,22,24). The molecule has 24 heavy (non-hydrogen) atoms. The summed E-state index contributed by atoms with van der Waals surface area (Å²) >= 11 is 5.87. The van der Waals surface area contributed by atoms with Crippen molar-refractivity contribution >= 4 is 34.6 Å². The molecular formula is C18H14ClN3O2. The summed E-state index contributed by atoms with van der Waals surface area (Å²) in [5.41, 5.74) is 4.86. The number of carbonyl (C=O) groups is 1. The maximum atomic E-state index is 12.4. The summed E-state index contributed by atoms with van der Waals surface area (Å²) in [7, 11) is 0. The number of nitrogens with zero attached hydrogens (tertiary/aromatic N) is 2. The summed E-state index contributed by atoms with van der Waals surface area (Å²) in [5, 5.41) is 14.8. The van der Waals surface area contributed by atoms with Gasteiger partial charge in [0, 0.05) is 21.7 Å². The number of phenols is 1. The average Bonchev–Trinajstić information content (AvgIpc) is 2.57. The molecule has 0 aliphatic rings. The number of nitrogens with one attached hydrogen (secondary N) is 1. The molecule has 1 heterocycles. The molecule has 0 saturated heterocycles. The first kappa shape index (κ1) is 16.0. The first-order valence-corrected chi connectivity index (χ1v) is 7.61. The van der Waals surface area contributed by atoms with Gasteiger partial charge in [-0.3, -0.25) is 9.78 Å². The van der Waals surface area contributed by atoms with Gasteiger partial charge >= 0.3 is 0 Å². The van der Waals surface area contributed by atoms with Crippen molar-refractivity contribution in [2.45, 2.75) is 6.92 Å².